The molecule has 120 valence electrons. The quantitative estimate of drug-likeness (QED) is 0.742. The van der Waals surface area contributed by atoms with Crippen LogP contribution in [0.3, 0.4) is 0 Å². The van der Waals surface area contributed by atoms with Crippen LogP contribution in [-0.2, 0) is 7.05 Å². The van der Waals surface area contributed by atoms with Crippen LogP contribution >= 0.6 is 22.7 Å². The second kappa shape index (κ2) is 6.61. The number of nitrogens with zero attached hydrogens (tertiary/aromatic N) is 3. The lowest BCUT2D eigenvalue weighted by molar-refractivity contribution is 0.0920. The first-order valence-electron chi connectivity index (χ1n) is 6.99. The molecule has 3 aromatic heterocycles. The lowest BCUT2D eigenvalue weighted by Gasteiger charge is -2.09. The van der Waals surface area contributed by atoms with Gasteiger partial charge in [-0.3, -0.25) is 9.48 Å². The fourth-order valence-corrected chi connectivity index (χ4v) is 3.78. The molecule has 0 saturated heterocycles. The van der Waals surface area contributed by atoms with E-state index < -0.39 is 6.10 Å². The lowest BCUT2D eigenvalue weighted by atomic mass is 10.2. The third-order valence-corrected chi connectivity index (χ3v) is 5.25. The number of aliphatic hydroxyl groups excluding tert-OH is 1. The van der Waals surface area contributed by atoms with E-state index in [0.717, 1.165) is 16.1 Å². The zero-order valence-corrected chi connectivity index (χ0v) is 14.3. The van der Waals surface area contributed by atoms with E-state index in [4.69, 9.17) is 0 Å². The Morgan fingerprint density at radius 1 is 1.52 bits per heavy atom. The normalized spacial score (nSPS) is 12.3. The Labute approximate surface area is 141 Å². The summed E-state index contributed by atoms with van der Waals surface area (Å²) >= 11 is 2.84. The number of carbonyl (C=O) groups excluding carboxylic acids is 1. The average molecular weight is 348 g/mol. The maximum absolute atomic E-state index is 12.3. The van der Waals surface area contributed by atoms with Crippen LogP contribution in [0.15, 0.2) is 29.2 Å². The highest BCUT2D eigenvalue weighted by molar-refractivity contribution is 7.17. The van der Waals surface area contributed by atoms with Gasteiger partial charge in [-0.05, 0) is 29.3 Å². The minimum atomic E-state index is -0.698. The molecule has 23 heavy (non-hydrogen) atoms. The van der Waals surface area contributed by atoms with Crippen LogP contribution < -0.4 is 5.32 Å². The number of thiophene rings is 1. The van der Waals surface area contributed by atoms with Crippen molar-refractivity contribution in [3.05, 3.63) is 45.4 Å². The number of amides is 1. The molecule has 3 aromatic rings. The number of hydrogen-bond acceptors (Lipinski definition) is 6. The van der Waals surface area contributed by atoms with E-state index in [1.807, 2.05) is 30.1 Å². The summed E-state index contributed by atoms with van der Waals surface area (Å²) in [6.45, 7) is 1.98. The van der Waals surface area contributed by atoms with Gasteiger partial charge in [0.25, 0.3) is 5.91 Å². The first-order valence-corrected chi connectivity index (χ1v) is 8.75. The van der Waals surface area contributed by atoms with Gasteiger partial charge in [-0.25, -0.2) is 4.98 Å². The molecule has 0 bridgehead atoms. The second-order valence-electron chi connectivity index (χ2n) is 5.12. The van der Waals surface area contributed by atoms with Crippen LogP contribution in [0, 0.1) is 6.92 Å². The van der Waals surface area contributed by atoms with Crippen LogP contribution in [0.5, 0.6) is 0 Å². The number of aromatic nitrogens is 3. The predicted molar refractivity (Wildman–Crippen MR) is 90.7 cm³/mol. The SMILES string of the molecule is Cc1nc(-c2cnn(C)c2)sc1C(=O)NCC(O)c1ccsc1. The molecule has 0 aliphatic rings. The largest absolute Gasteiger partial charge is 0.387 e. The molecule has 0 spiro atoms. The van der Waals surface area contributed by atoms with E-state index in [-0.39, 0.29) is 12.5 Å². The van der Waals surface area contributed by atoms with Gasteiger partial charge >= 0.3 is 0 Å². The number of thiazole rings is 1. The summed E-state index contributed by atoms with van der Waals surface area (Å²) in [5.41, 5.74) is 2.38. The topological polar surface area (TPSA) is 80.0 Å². The molecule has 1 atom stereocenters. The first-order chi connectivity index (χ1) is 11.0. The molecule has 0 radical (unpaired) electrons. The van der Waals surface area contributed by atoms with Gasteiger partial charge in [0, 0.05) is 25.4 Å². The molecular weight excluding hydrogens is 332 g/mol. The Kier molecular flexibility index (Phi) is 4.56. The van der Waals surface area contributed by atoms with Gasteiger partial charge < -0.3 is 10.4 Å². The summed E-state index contributed by atoms with van der Waals surface area (Å²) in [6.07, 6.45) is 2.89. The first kappa shape index (κ1) is 15.9. The van der Waals surface area contributed by atoms with Crippen molar-refractivity contribution in [2.45, 2.75) is 13.0 Å². The molecule has 3 rings (SSSR count). The van der Waals surface area contributed by atoms with Gasteiger partial charge in [0.05, 0.1) is 18.0 Å². The molecule has 0 aliphatic carbocycles. The Bertz CT molecular complexity index is 807. The average Bonchev–Trinajstić information content (AvgIpc) is 3.24. The van der Waals surface area contributed by atoms with Gasteiger partial charge in [0.15, 0.2) is 0 Å². The lowest BCUT2D eigenvalue weighted by Crippen LogP contribution is -2.28. The molecule has 1 unspecified atom stereocenters. The van der Waals surface area contributed by atoms with Crippen LogP contribution in [0.2, 0.25) is 0 Å². The van der Waals surface area contributed by atoms with Gasteiger partial charge in [0.1, 0.15) is 9.88 Å². The maximum atomic E-state index is 12.3. The molecule has 3 heterocycles. The Morgan fingerprint density at radius 3 is 3.00 bits per heavy atom. The zero-order chi connectivity index (χ0) is 16.4. The van der Waals surface area contributed by atoms with Crippen molar-refractivity contribution < 1.29 is 9.90 Å². The number of carbonyl (C=O) groups is 1. The van der Waals surface area contributed by atoms with E-state index in [1.165, 1.54) is 22.7 Å². The monoisotopic (exact) mass is 348 g/mol. The van der Waals surface area contributed by atoms with E-state index in [2.05, 4.69) is 15.4 Å². The smallest absolute Gasteiger partial charge is 0.263 e. The number of hydrogen-bond donors (Lipinski definition) is 2. The Balaban J connectivity index is 1.69. The fraction of sp³-hybridized carbons (Fsp3) is 0.267. The van der Waals surface area contributed by atoms with Crippen molar-refractivity contribution in [1.82, 2.24) is 20.1 Å². The van der Waals surface area contributed by atoms with Gasteiger partial charge in [0.2, 0.25) is 0 Å². The number of aliphatic hydroxyl groups is 1. The highest BCUT2D eigenvalue weighted by Crippen LogP contribution is 2.27. The minimum absolute atomic E-state index is 0.176. The predicted octanol–water partition coefficient (Wildman–Crippen LogP) is 2.38. The minimum Gasteiger partial charge on any atom is -0.387 e. The maximum Gasteiger partial charge on any atom is 0.263 e. The summed E-state index contributed by atoms with van der Waals surface area (Å²) in [5, 5.41) is 21.4. The summed E-state index contributed by atoms with van der Waals surface area (Å²) in [6, 6.07) is 1.85. The van der Waals surface area contributed by atoms with Crippen LogP contribution in [0.4, 0.5) is 0 Å². The van der Waals surface area contributed by atoms with E-state index in [0.29, 0.717) is 10.6 Å². The molecule has 2 N–H and O–H groups in total. The molecule has 0 aromatic carbocycles. The number of rotatable bonds is 5. The van der Waals surface area contributed by atoms with Gasteiger partial charge in [-0.1, -0.05) is 0 Å². The molecule has 0 saturated carbocycles. The molecule has 6 nitrogen and oxygen atoms in total. The molecule has 0 aliphatic heterocycles. The highest BCUT2D eigenvalue weighted by Gasteiger charge is 2.18. The summed E-state index contributed by atoms with van der Waals surface area (Å²) < 4.78 is 1.70. The van der Waals surface area contributed by atoms with Crippen LogP contribution in [-0.4, -0.2) is 32.3 Å². The van der Waals surface area contributed by atoms with Crippen molar-refractivity contribution in [2.75, 3.05) is 6.54 Å². The van der Waals surface area contributed by atoms with E-state index in [9.17, 15) is 9.90 Å². The van der Waals surface area contributed by atoms with Crippen LogP contribution in [0.1, 0.15) is 27.0 Å². The molecule has 8 heteroatoms. The fourth-order valence-electron chi connectivity index (χ4n) is 2.11. The van der Waals surface area contributed by atoms with Crippen molar-refractivity contribution in [3.8, 4) is 10.6 Å². The van der Waals surface area contributed by atoms with Crippen molar-refractivity contribution in [3.63, 3.8) is 0 Å². The van der Waals surface area contributed by atoms with Crippen molar-refractivity contribution in [2.24, 2.45) is 7.05 Å². The second-order valence-corrected chi connectivity index (χ2v) is 6.90. The van der Waals surface area contributed by atoms with Gasteiger partial charge in [-0.2, -0.15) is 16.4 Å². The Morgan fingerprint density at radius 2 is 2.35 bits per heavy atom. The summed E-state index contributed by atoms with van der Waals surface area (Å²) in [7, 11) is 1.84. The summed E-state index contributed by atoms with van der Waals surface area (Å²) in [4.78, 5) is 17.3. The van der Waals surface area contributed by atoms with Crippen molar-refractivity contribution in [1.29, 1.82) is 0 Å². The van der Waals surface area contributed by atoms with Crippen molar-refractivity contribution >= 4 is 28.6 Å². The number of nitrogens with one attached hydrogen (secondary N) is 1. The Hall–Kier alpha value is -2.03. The van der Waals surface area contributed by atoms with E-state index in [1.54, 1.807) is 17.8 Å². The third kappa shape index (κ3) is 3.49. The zero-order valence-electron chi connectivity index (χ0n) is 12.7. The van der Waals surface area contributed by atoms with Crippen LogP contribution in [0.25, 0.3) is 10.6 Å². The molecule has 0 fully saturated rings. The third-order valence-electron chi connectivity index (χ3n) is 3.34. The van der Waals surface area contributed by atoms with Gasteiger partial charge in [-0.15, -0.1) is 11.3 Å². The summed E-state index contributed by atoms with van der Waals surface area (Å²) in [5.74, 6) is -0.218. The van der Waals surface area contributed by atoms with E-state index >= 15 is 0 Å². The molecular formula is C15H16N4O2S2. The standard InChI is InChI=1S/C15H16N4O2S2/c1-9-13(23-15(18-9)11-5-17-19(2)7-11)14(21)16-6-12(20)10-3-4-22-8-10/h3-5,7-8,12,20H,6H2,1-2H3,(H,16,21). The highest BCUT2D eigenvalue weighted by atomic mass is 32.1. The molecule has 1 amide bonds. The number of aryl methyl sites for hydroxylation is 2.